The van der Waals surface area contributed by atoms with Crippen LogP contribution < -0.4 is 5.56 Å². The highest BCUT2D eigenvalue weighted by Gasteiger charge is 2.34. The molecule has 2 aliphatic rings. The maximum absolute atomic E-state index is 13.0. The number of rotatable bonds is 4. The number of carbonyl (C=O) groups is 1. The van der Waals surface area contributed by atoms with Gasteiger partial charge in [-0.05, 0) is 24.1 Å². The number of oxime groups is 1. The largest absolute Gasteiger partial charge is 0.391 e. The number of nitrogens with zero attached hydrogens (tertiary/aromatic N) is 2. The van der Waals surface area contributed by atoms with Crippen molar-refractivity contribution in [2.45, 2.75) is 26.4 Å². The Morgan fingerprint density at radius 2 is 2.19 bits per heavy atom. The van der Waals surface area contributed by atoms with Crippen LogP contribution >= 0.6 is 11.6 Å². The topological polar surface area (TPSA) is 111 Å². The van der Waals surface area contributed by atoms with Crippen molar-refractivity contribution >= 4 is 38.3 Å². The maximum atomic E-state index is 13.0. The van der Waals surface area contributed by atoms with Crippen LogP contribution in [0.2, 0.25) is 0 Å². The Balaban J connectivity index is 2.16. The first kappa shape index (κ1) is 19.4. The normalized spacial score (nSPS) is 22.4. The van der Waals surface area contributed by atoms with Gasteiger partial charge in [0.15, 0.2) is 5.78 Å². The SMILES string of the molecule is CC1=C(C2=NOC(CCl)C2)C(C)C(=S(=O)=O)C=C1C(=O)c1c[nH]n(C)c1=O. The minimum Gasteiger partial charge on any atom is -0.391 e. The molecule has 8 nitrogen and oxygen atoms in total. The summed E-state index contributed by atoms with van der Waals surface area (Å²) in [6, 6.07) is 0. The molecule has 0 saturated carbocycles. The minimum atomic E-state index is -2.53. The van der Waals surface area contributed by atoms with Gasteiger partial charge >= 0.3 is 0 Å². The van der Waals surface area contributed by atoms with Crippen molar-refractivity contribution in [2.24, 2.45) is 18.1 Å². The molecule has 1 N–H and O–H groups in total. The first-order valence-corrected chi connectivity index (χ1v) is 9.84. The molecular weight excluding hydrogens is 394 g/mol. The summed E-state index contributed by atoms with van der Waals surface area (Å²) in [6.07, 6.45) is 2.77. The number of nitrogens with one attached hydrogen (secondary N) is 1. The van der Waals surface area contributed by atoms with E-state index in [0.29, 0.717) is 23.3 Å². The average Bonchev–Trinajstić information content (AvgIpc) is 3.22. The van der Waals surface area contributed by atoms with Crippen molar-refractivity contribution in [3.63, 3.8) is 0 Å². The molecule has 2 unspecified atom stereocenters. The van der Waals surface area contributed by atoms with Crippen LogP contribution in [0.3, 0.4) is 0 Å². The summed E-state index contributed by atoms with van der Waals surface area (Å²) in [4.78, 5) is 30.4. The lowest BCUT2D eigenvalue weighted by Crippen LogP contribution is -2.28. The van der Waals surface area contributed by atoms with E-state index in [1.165, 1.54) is 24.0 Å². The number of alkyl halides is 1. The fraction of sp³-hybridized carbons (Fsp3) is 0.412. The molecule has 0 radical (unpaired) electrons. The van der Waals surface area contributed by atoms with Crippen LogP contribution in [0, 0.1) is 5.92 Å². The first-order valence-electron chi connectivity index (χ1n) is 8.23. The standard InChI is InChI=1S/C17H18ClN3O5S/c1-8-11(16(22)12-7-19-21(3)17(12)23)5-14(27(24)25)9(2)15(8)13-4-10(6-18)26-20-13/h5,7,9-10,19H,4,6H2,1-3H3. The van der Waals surface area contributed by atoms with Crippen LogP contribution in [0.4, 0.5) is 0 Å². The van der Waals surface area contributed by atoms with Crippen LogP contribution in [0.5, 0.6) is 0 Å². The number of hydrogen-bond donors (Lipinski definition) is 1. The van der Waals surface area contributed by atoms with Crippen LogP contribution in [0.15, 0.2) is 38.9 Å². The second kappa shape index (κ2) is 7.32. The summed E-state index contributed by atoms with van der Waals surface area (Å²) >= 11 is 5.82. The molecule has 1 aliphatic heterocycles. The second-order valence-electron chi connectivity index (χ2n) is 6.46. The molecule has 1 aliphatic carbocycles. The molecule has 0 bridgehead atoms. The molecule has 2 atom stereocenters. The van der Waals surface area contributed by atoms with Crippen molar-refractivity contribution < 1.29 is 18.0 Å². The number of Topliss-reactive ketones (excluding diaryl/α,β-unsaturated/α-hetero) is 1. The second-order valence-corrected chi connectivity index (χ2v) is 7.71. The van der Waals surface area contributed by atoms with Gasteiger partial charge < -0.3 is 9.94 Å². The van der Waals surface area contributed by atoms with Gasteiger partial charge in [-0.15, -0.1) is 11.6 Å². The number of aromatic amines is 1. The third-order valence-corrected chi connectivity index (χ3v) is 5.99. The summed E-state index contributed by atoms with van der Waals surface area (Å²) in [5, 5.41) is 6.69. The average molecular weight is 412 g/mol. The summed E-state index contributed by atoms with van der Waals surface area (Å²) < 4.78 is 24.7. The minimum absolute atomic E-state index is 0.0586. The van der Waals surface area contributed by atoms with E-state index >= 15 is 0 Å². The number of aryl methyl sites for hydroxylation is 1. The summed E-state index contributed by atoms with van der Waals surface area (Å²) in [5.41, 5.74) is 1.35. The van der Waals surface area contributed by atoms with E-state index < -0.39 is 27.6 Å². The van der Waals surface area contributed by atoms with Crippen molar-refractivity contribution in [3.8, 4) is 0 Å². The van der Waals surface area contributed by atoms with E-state index in [4.69, 9.17) is 16.4 Å². The van der Waals surface area contributed by atoms with Crippen molar-refractivity contribution in [2.75, 3.05) is 5.88 Å². The van der Waals surface area contributed by atoms with Gasteiger partial charge in [0.2, 0.25) is 10.3 Å². The Bertz CT molecular complexity index is 1100. The highest BCUT2D eigenvalue weighted by atomic mass is 35.5. The molecular formula is C17H18ClN3O5S. The molecule has 27 heavy (non-hydrogen) atoms. The predicted octanol–water partition coefficient (Wildman–Crippen LogP) is 1.22. The molecule has 0 amide bonds. The van der Waals surface area contributed by atoms with Gasteiger partial charge in [-0.2, -0.15) is 8.42 Å². The fourth-order valence-electron chi connectivity index (χ4n) is 3.32. The quantitative estimate of drug-likeness (QED) is 0.455. The monoisotopic (exact) mass is 411 g/mol. The molecule has 0 saturated heterocycles. The van der Waals surface area contributed by atoms with Gasteiger partial charge in [-0.1, -0.05) is 12.1 Å². The van der Waals surface area contributed by atoms with E-state index in [0.717, 1.165) is 0 Å². The molecule has 1 aromatic heterocycles. The lowest BCUT2D eigenvalue weighted by atomic mass is 9.79. The van der Waals surface area contributed by atoms with Crippen molar-refractivity contribution in [1.82, 2.24) is 9.78 Å². The van der Waals surface area contributed by atoms with Crippen LogP contribution in [-0.2, 0) is 22.2 Å². The van der Waals surface area contributed by atoms with E-state index in [1.807, 2.05) is 0 Å². The van der Waals surface area contributed by atoms with Gasteiger partial charge in [0.05, 0.1) is 16.5 Å². The third kappa shape index (κ3) is 3.32. The van der Waals surface area contributed by atoms with E-state index in [-0.39, 0.29) is 28.0 Å². The Morgan fingerprint density at radius 3 is 2.70 bits per heavy atom. The Hall–Kier alpha value is -2.39. The number of H-pyrrole nitrogens is 1. The fourth-order valence-corrected chi connectivity index (χ4v) is 4.11. The van der Waals surface area contributed by atoms with E-state index in [2.05, 4.69) is 10.3 Å². The molecule has 2 heterocycles. The Kier molecular flexibility index (Phi) is 5.25. The summed E-state index contributed by atoms with van der Waals surface area (Å²) in [5.74, 6) is -0.792. The molecule has 0 fully saturated rings. The highest BCUT2D eigenvalue weighted by Crippen LogP contribution is 2.33. The highest BCUT2D eigenvalue weighted by molar-refractivity contribution is 7.73. The zero-order chi connectivity index (χ0) is 19.9. The number of aromatic nitrogens is 2. The van der Waals surface area contributed by atoms with E-state index in [1.54, 1.807) is 13.8 Å². The first-order chi connectivity index (χ1) is 12.8. The lowest BCUT2D eigenvalue weighted by Gasteiger charge is -2.24. The maximum Gasteiger partial charge on any atom is 0.277 e. The summed E-state index contributed by atoms with van der Waals surface area (Å²) in [6.45, 7) is 3.45. The molecule has 1 aromatic rings. The number of carbonyl (C=O) groups excluding carboxylic acids is 1. The predicted molar refractivity (Wildman–Crippen MR) is 102 cm³/mol. The Labute approximate surface area is 161 Å². The Morgan fingerprint density at radius 1 is 1.48 bits per heavy atom. The van der Waals surface area contributed by atoms with Crippen LogP contribution in [-0.4, -0.2) is 46.5 Å². The zero-order valence-corrected chi connectivity index (χ0v) is 16.5. The third-order valence-electron chi connectivity index (χ3n) is 4.79. The smallest absolute Gasteiger partial charge is 0.277 e. The molecule has 0 spiro atoms. The van der Waals surface area contributed by atoms with Gasteiger partial charge in [-0.3, -0.25) is 14.3 Å². The van der Waals surface area contributed by atoms with Gasteiger partial charge in [0.1, 0.15) is 11.7 Å². The van der Waals surface area contributed by atoms with Crippen molar-refractivity contribution in [3.05, 3.63) is 44.9 Å². The number of allylic oxidation sites excluding steroid dienone is 4. The number of hydrogen-bond acceptors (Lipinski definition) is 6. The van der Waals surface area contributed by atoms with Crippen LogP contribution in [0.25, 0.3) is 0 Å². The molecule has 0 aromatic carbocycles. The lowest BCUT2D eigenvalue weighted by molar-refractivity contribution is 0.102. The molecule has 144 valence electrons. The van der Waals surface area contributed by atoms with Gasteiger partial charge in [0, 0.05) is 31.2 Å². The molecule has 10 heteroatoms. The van der Waals surface area contributed by atoms with Crippen molar-refractivity contribution in [1.29, 1.82) is 0 Å². The molecule has 3 rings (SSSR count). The number of ketones is 1. The number of halogens is 1. The van der Waals surface area contributed by atoms with Crippen LogP contribution in [0.1, 0.15) is 30.6 Å². The van der Waals surface area contributed by atoms with Gasteiger partial charge in [-0.25, -0.2) is 0 Å². The summed E-state index contributed by atoms with van der Waals surface area (Å²) in [7, 11) is -1.04. The zero-order valence-electron chi connectivity index (χ0n) is 14.9. The van der Waals surface area contributed by atoms with E-state index in [9.17, 15) is 18.0 Å². The van der Waals surface area contributed by atoms with Gasteiger partial charge in [0.25, 0.3) is 5.56 Å².